The predicted molar refractivity (Wildman–Crippen MR) is 155 cm³/mol. The first-order valence-electron chi connectivity index (χ1n) is 11.5. The number of aliphatic imine (C=N–C) groups is 1. The molecule has 0 bridgehead atoms. The number of thiocarbonyl (C=S) groups is 1. The van der Waals surface area contributed by atoms with E-state index in [0.717, 1.165) is 29.7 Å². The van der Waals surface area contributed by atoms with Gasteiger partial charge in [-0.1, -0.05) is 72.9 Å². The molecule has 1 atom stereocenters. The Labute approximate surface area is 231 Å². The fourth-order valence-electron chi connectivity index (χ4n) is 4.25. The molecule has 0 spiro atoms. The van der Waals surface area contributed by atoms with Gasteiger partial charge < -0.3 is 15.5 Å². The maximum absolute atomic E-state index is 13.5. The Balaban J connectivity index is 1.76. The molecule has 0 aliphatic carbocycles. The van der Waals surface area contributed by atoms with E-state index in [1.54, 1.807) is 36.2 Å². The predicted octanol–water partition coefficient (Wildman–Crippen LogP) is 6.90. The number of carbonyl (C=O) groups excluding carboxylic acids is 1. The van der Waals surface area contributed by atoms with Gasteiger partial charge in [-0.15, -0.1) is 0 Å². The standard InChI is InChI=1S/C27H25Cl3N4OS/c1-4-15-10-12-21(30)17(5-2)23(15)32-27(36)33-25-26(35)34(3)22-13-11-16(28)14-19(22)24(31-25)18-8-6-7-9-20(18)29/h6-14,25H,4-5H2,1-3H3,(H2,32,33,36). The van der Waals surface area contributed by atoms with Crippen LogP contribution >= 0.6 is 47.0 Å². The van der Waals surface area contributed by atoms with Crippen LogP contribution in [0.2, 0.25) is 15.1 Å². The monoisotopic (exact) mass is 558 g/mol. The van der Waals surface area contributed by atoms with Crippen molar-refractivity contribution in [2.45, 2.75) is 32.9 Å². The van der Waals surface area contributed by atoms with Gasteiger partial charge in [-0.3, -0.25) is 4.79 Å². The van der Waals surface area contributed by atoms with Crippen molar-refractivity contribution in [1.29, 1.82) is 0 Å². The number of halogens is 3. The molecule has 0 aromatic heterocycles. The molecule has 4 rings (SSSR count). The van der Waals surface area contributed by atoms with Crippen LogP contribution in [0.15, 0.2) is 59.6 Å². The topological polar surface area (TPSA) is 56.7 Å². The molecular weight excluding hydrogens is 535 g/mol. The highest BCUT2D eigenvalue weighted by Crippen LogP contribution is 2.32. The summed E-state index contributed by atoms with van der Waals surface area (Å²) in [6, 6.07) is 16.6. The number of amides is 1. The summed E-state index contributed by atoms with van der Waals surface area (Å²) in [6.45, 7) is 4.10. The van der Waals surface area contributed by atoms with Gasteiger partial charge in [-0.2, -0.15) is 0 Å². The second-order valence-electron chi connectivity index (χ2n) is 8.28. The van der Waals surface area contributed by atoms with Crippen molar-refractivity contribution in [3.63, 3.8) is 0 Å². The molecule has 0 saturated heterocycles. The second kappa shape index (κ2) is 11.2. The maximum atomic E-state index is 13.5. The zero-order valence-corrected chi connectivity index (χ0v) is 23.1. The molecule has 0 fully saturated rings. The first kappa shape index (κ1) is 26.4. The van der Waals surface area contributed by atoms with E-state index < -0.39 is 6.17 Å². The van der Waals surface area contributed by atoms with Crippen LogP contribution in [0, 0.1) is 0 Å². The fraction of sp³-hybridized carbons (Fsp3) is 0.222. The lowest BCUT2D eigenvalue weighted by Gasteiger charge is -2.23. The zero-order chi connectivity index (χ0) is 26.0. The average molecular weight is 560 g/mol. The number of benzene rings is 3. The highest BCUT2D eigenvalue weighted by atomic mass is 35.5. The van der Waals surface area contributed by atoms with Gasteiger partial charge in [0.05, 0.1) is 11.4 Å². The van der Waals surface area contributed by atoms with Gasteiger partial charge in [0.15, 0.2) is 5.11 Å². The minimum atomic E-state index is -0.998. The largest absolute Gasteiger partial charge is 0.333 e. The van der Waals surface area contributed by atoms with Crippen molar-refractivity contribution in [1.82, 2.24) is 5.32 Å². The molecule has 9 heteroatoms. The van der Waals surface area contributed by atoms with Crippen LogP contribution in [0.1, 0.15) is 36.1 Å². The van der Waals surface area contributed by atoms with E-state index in [-0.39, 0.29) is 11.0 Å². The minimum Gasteiger partial charge on any atom is -0.333 e. The number of nitrogens with zero attached hydrogens (tertiary/aromatic N) is 2. The molecular formula is C27H25Cl3N4OS. The molecule has 1 aliphatic rings. The van der Waals surface area contributed by atoms with E-state index in [1.165, 1.54) is 0 Å². The van der Waals surface area contributed by atoms with E-state index in [2.05, 4.69) is 17.6 Å². The van der Waals surface area contributed by atoms with Gasteiger partial charge in [-0.25, -0.2) is 4.99 Å². The molecule has 3 aromatic carbocycles. The molecule has 5 nitrogen and oxygen atoms in total. The number of carbonyl (C=O) groups is 1. The summed E-state index contributed by atoms with van der Waals surface area (Å²) >= 11 is 25.0. The molecule has 186 valence electrons. The van der Waals surface area contributed by atoms with Crippen LogP contribution in [0.5, 0.6) is 0 Å². The van der Waals surface area contributed by atoms with Crippen molar-refractivity contribution in [3.05, 3.63) is 91.9 Å². The molecule has 2 N–H and O–H groups in total. The molecule has 3 aromatic rings. The van der Waals surface area contributed by atoms with Crippen molar-refractivity contribution in [2.24, 2.45) is 4.99 Å². The van der Waals surface area contributed by atoms with E-state index >= 15 is 0 Å². The maximum Gasteiger partial charge on any atom is 0.272 e. The number of rotatable bonds is 5. The fourth-order valence-corrected chi connectivity index (χ4v) is 5.15. The van der Waals surface area contributed by atoms with Crippen LogP contribution in [0.3, 0.4) is 0 Å². The minimum absolute atomic E-state index is 0.264. The summed E-state index contributed by atoms with van der Waals surface area (Å²) in [7, 11) is 1.70. The number of aryl methyl sites for hydroxylation is 1. The Morgan fingerprint density at radius 2 is 1.75 bits per heavy atom. The third kappa shape index (κ3) is 5.23. The van der Waals surface area contributed by atoms with Gasteiger partial charge >= 0.3 is 0 Å². The summed E-state index contributed by atoms with van der Waals surface area (Å²) in [5, 5.41) is 8.34. The number of nitrogens with one attached hydrogen (secondary N) is 2. The van der Waals surface area contributed by atoms with Crippen molar-refractivity contribution in [2.75, 3.05) is 17.3 Å². The number of fused-ring (bicyclic) bond motifs is 1. The Morgan fingerprint density at radius 1 is 1.00 bits per heavy atom. The number of likely N-dealkylation sites (N-methyl/N-ethyl adjacent to an activating group) is 1. The van der Waals surface area contributed by atoms with Crippen molar-refractivity contribution >= 4 is 75.1 Å². The van der Waals surface area contributed by atoms with Gasteiger partial charge in [0.1, 0.15) is 0 Å². The Kier molecular flexibility index (Phi) is 8.20. The first-order valence-corrected chi connectivity index (χ1v) is 13.1. The molecule has 1 unspecified atom stereocenters. The van der Waals surface area contributed by atoms with Gasteiger partial charge in [0, 0.05) is 38.9 Å². The van der Waals surface area contributed by atoms with Crippen LogP contribution < -0.4 is 15.5 Å². The Morgan fingerprint density at radius 3 is 2.44 bits per heavy atom. The van der Waals surface area contributed by atoms with Crippen LogP contribution in [0.25, 0.3) is 0 Å². The van der Waals surface area contributed by atoms with E-state index in [9.17, 15) is 4.79 Å². The van der Waals surface area contributed by atoms with E-state index in [0.29, 0.717) is 37.6 Å². The summed E-state index contributed by atoms with van der Waals surface area (Å²) in [6.07, 6.45) is 0.528. The Hall–Kier alpha value is -2.64. The van der Waals surface area contributed by atoms with Crippen LogP contribution in [-0.4, -0.2) is 29.9 Å². The van der Waals surface area contributed by atoms with Gasteiger partial charge in [0.2, 0.25) is 6.17 Å². The summed E-state index contributed by atoms with van der Waals surface area (Å²) in [5.41, 5.74) is 5.49. The molecule has 0 radical (unpaired) electrons. The number of hydrogen-bond donors (Lipinski definition) is 2. The van der Waals surface area contributed by atoms with Gasteiger partial charge in [0.25, 0.3) is 5.91 Å². The SMILES string of the molecule is CCc1ccc(Cl)c(CC)c1NC(=S)NC1N=C(c2ccccc2Cl)c2cc(Cl)ccc2N(C)C1=O. The number of anilines is 2. The number of hydrogen-bond acceptors (Lipinski definition) is 3. The average Bonchev–Trinajstić information content (AvgIpc) is 2.95. The lowest BCUT2D eigenvalue weighted by Crippen LogP contribution is -2.47. The van der Waals surface area contributed by atoms with Crippen molar-refractivity contribution in [3.8, 4) is 0 Å². The highest BCUT2D eigenvalue weighted by Gasteiger charge is 2.31. The molecule has 36 heavy (non-hydrogen) atoms. The van der Waals surface area contributed by atoms with E-state index in [1.807, 2.05) is 37.3 Å². The third-order valence-corrected chi connectivity index (χ3v) is 7.25. The smallest absolute Gasteiger partial charge is 0.272 e. The van der Waals surface area contributed by atoms with Crippen molar-refractivity contribution < 1.29 is 4.79 Å². The second-order valence-corrected chi connectivity index (χ2v) is 9.94. The molecule has 1 heterocycles. The normalized spacial score (nSPS) is 15.2. The molecule has 0 saturated carbocycles. The number of benzodiazepines with no additional fused rings is 1. The zero-order valence-electron chi connectivity index (χ0n) is 20.0. The lowest BCUT2D eigenvalue weighted by atomic mass is 10.00. The molecule has 1 amide bonds. The van der Waals surface area contributed by atoms with Crippen LogP contribution in [-0.2, 0) is 17.6 Å². The Bertz CT molecular complexity index is 1380. The van der Waals surface area contributed by atoms with E-state index in [4.69, 9.17) is 52.0 Å². The summed E-state index contributed by atoms with van der Waals surface area (Å²) in [4.78, 5) is 19.9. The van der Waals surface area contributed by atoms with Crippen LogP contribution in [0.4, 0.5) is 11.4 Å². The summed E-state index contributed by atoms with van der Waals surface area (Å²) < 4.78 is 0. The third-order valence-electron chi connectivity index (χ3n) is 6.11. The molecule has 1 aliphatic heterocycles. The van der Waals surface area contributed by atoms with Gasteiger partial charge in [-0.05, 0) is 66.5 Å². The highest BCUT2D eigenvalue weighted by molar-refractivity contribution is 7.80. The lowest BCUT2D eigenvalue weighted by molar-refractivity contribution is -0.119. The summed E-state index contributed by atoms with van der Waals surface area (Å²) in [5.74, 6) is -0.276. The first-order chi connectivity index (χ1) is 17.2. The quantitative estimate of drug-likeness (QED) is 0.334.